The first-order chi connectivity index (χ1) is 13.7. The molecule has 0 N–H and O–H groups in total. The van der Waals surface area contributed by atoms with Gasteiger partial charge in [-0.1, -0.05) is 13.3 Å². The highest BCUT2D eigenvalue weighted by atomic mass is 32.2. The molecule has 0 saturated carbocycles. The summed E-state index contributed by atoms with van der Waals surface area (Å²) in [6.45, 7) is 5.56. The maximum absolute atomic E-state index is 12.6. The Morgan fingerprint density at radius 2 is 2.07 bits per heavy atom. The number of fused-ring (bicyclic) bond motifs is 1. The highest BCUT2D eigenvalue weighted by Gasteiger charge is 2.34. The van der Waals surface area contributed by atoms with Gasteiger partial charge in [-0.25, -0.2) is 22.7 Å². The summed E-state index contributed by atoms with van der Waals surface area (Å²) in [5, 5.41) is 4.09. The van der Waals surface area contributed by atoms with E-state index in [0.717, 1.165) is 24.2 Å². The van der Waals surface area contributed by atoms with Crippen molar-refractivity contribution in [3.8, 4) is 0 Å². The van der Waals surface area contributed by atoms with Gasteiger partial charge in [-0.05, 0) is 32.8 Å². The van der Waals surface area contributed by atoms with Crippen LogP contribution in [-0.4, -0.2) is 75.5 Å². The van der Waals surface area contributed by atoms with Crippen molar-refractivity contribution in [2.75, 3.05) is 24.7 Å². The Morgan fingerprint density at radius 1 is 1.31 bits per heavy atom. The van der Waals surface area contributed by atoms with E-state index in [4.69, 9.17) is 4.74 Å². The van der Waals surface area contributed by atoms with Crippen LogP contribution < -0.4 is 0 Å². The average Bonchev–Trinajstić information content (AvgIpc) is 3.23. The van der Waals surface area contributed by atoms with Gasteiger partial charge in [0.05, 0.1) is 11.5 Å². The second-order valence-electron chi connectivity index (χ2n) is 7.26. The van der Waals surface area contributed by atoms with Crippen molar-refractivity contribution in [2.45, 2.75) is 46.1 Å². The molecule has 3 rings (SSSR count). The molecular weight excluding hydrogens is 398 g/mol. The number of sulfone groups is 1. The zero-order valence-corrected chi connectivity index (χ0v) is 17.6. The molecule has 1 amide bonds. The minimum absolute atomic E-state index is 0.0469. The van der Waals surface area contributed by atoms with Crippen molar-refractivity contribution in [3.05, 3.63) is 23.3 Å². The van der Waals surface area contributed by atoms with Gasteiger partial charge >= 0.3 is 5.97 Å². The van der Waals surface area contributed by atoms with Crippen LogP contribution in [0.4, 0.5) is 0 Å². The van der Waals surface area contributed by atoms with Gasteiger partial charge in [-0.15, -0.1) is 5.10 Å². The quantitative estimate of drug-likeness (QED) is 0.597. The Hall–Kier alpha value is -2.56. The zero-order valence-electron chi connectivity index (χ0n) is 16.8. The summed E-state index contributed by atoms with van der Waals surface area (Å²) in [6.07, 6.45) is 2.01. The molecule has 11 heteroatoms. The Kier molecular flexibility index (Phi) is 6.15. The third kappa shape index (κ3) is 4.89. The number of hydrogen-bond donors (Lipinski definition) is 0. The number of aryl methyl sites for hydroxylation is 2. The molecule has 0 spiro atoms. The number of carbonyl (C=O) groups excluding carboxylic acids is 2. The average molecular weight is 423 g/mol. The van der Waals surface area contributed by atoms with Gasteiger partial charge in [0.25, 0.3) is 17.5 Å². The molecule has 1 saturated heterocycles. The molecule has 0 aliphatic carbocycles. The van der Waals surface area contributed by atoms with Gasteiger partial charge in [0.15, 0.2) is 16.4 Å². The summed E-state index contributed by atoms with van der Waals surface area (Å²) in [7, 11) is -3.13. The standard InChI is InChI=1S/C18H25N5O5S/c1-4-5-7-22(14-6-8-29(26,27)11-14)15(24)10-28-17(25)16-20-18-19-12(2)9-13(3)23(18)21-16/h9,14H,4-8,10-11H2,1-3H3. The molecule has 2 aromatic heterocycles. The van der Waals surface area contributed by atoms with Crippen LogP contribution in [0.2, 0.25) is 0 Å². The molecule has 1 unspecified atom stereocenters. The number of esters is 1. The maximum atomic E-state index is 12.6. The van der Waals surface area contributed by atoms with E-state index < -0.39 is 28.3 Å². The normalized spacial score (nSPS) is 18.1. The van der Waals surface area contributed by atoms with Crippen LogP contribution in [0.5, 0.6) is 0 Å². The fourth-order valence-corrected chi connectivity index (χ4v) is 5.12. The summed E-state index contributed by atoms with van der Waals surface area (Å²) in [6, 6.07) is 1.43. The van der Waals surface area contributed by atoms with Crippen molar-refractivity contribution in [2.24, 2.45) is 0 Å². The first-order valence-corrected chi connectivity index (χ1v) is 11.4. The highest BCUT2D eigenvalue weighted by molar-refractivity contribution is 7.91. The molecule has 2 aromatic rings. The summed E-state index contributed by atoms with van der Waals surface area (Å²) < 4.78 is 30.1. The number of hydrogen-bond acceptors (Lipinski definition) is 8. The van der Waals surface area contributed by atoms with E-state index in [1.165, 1.54) is 9.42 Å². The molecule has 1 fully saturated rings. The Bertz CT molecular complexity index is 1030. The van der Waals surface area contributed by atoms with Crippen molar-refractivity contribution in [1.82, 2.24) is 24.5 Å². The van der Waals surface area contributed by atoms with Crippen molar-refractivity contribution < 1.29 is 22.7 Å². The zero-order chi connectivity index (χ0) is 21.2. The maximum Gasteiger partial charge on any atom is 0.378 e. The second-order valence-corrected chi connectivity index (χ2v) is 9.49. The van der Waals surface area contributed by atoms with Crippen molar-refractivity contribution in [1.29, 1.82) is 0 Å². The Morgan fingerprint density at radius 3 is 2.72 bits per heavy atom. The number of nitrogens with zero attached hydrogens (tertiary/aromatic N) is 5. The molecule has 0 aromatic carbocycles. The lowest BCUT2D eigenvalue weighted by molar-refractivity contribution is -0.136. The van der Waals surface area contributed by atoms with Crippen molar-refractivity contribution in [3.63, 3.8) is 0 Å². The van der Waals surface area contributed by atoms with E-state index in [0.29, 0.717) is 13.0 Å². The van der Waals surface area contributed by atoms with E-state index in [2.05, 4.69) is 15.1 Å². The Labute approximate surface area is 169 Å². The molecular formula is C18H25N5O5S. The first kappa shape index (κ1) is 21.2. The van der Waals surface area contributed by atoms with Gasteiger partial charge in [0.1, 0.15) is 0 Å². The van der Waals surface area contributed by atoms with Gasteiger partial charge < -0.3 is 9.64 Å². The van der Waals surface area contributed by atoms with Gasteiger partial charge in [0.2, 0.25) is 0 Å². The predicted octanol–water partition coefficient (Wildman–Crippen LogP) is 0.714. The van der Waals surface area contributed by atoms with Crippen LogP contribution in [0.3, 0.4) is 0 Å². The molecule has 0 radical (unpaired) electrons. The number of unbranched alkanes of at least 4 members (excludes halogenated alkanes) is 1. The van der Waals surface area contributed by atoms with E-state index >= 15 is 0 Å². The monoisotopic (exact) mass is 423 g/mol. The van der Waals surface area contributed by atoms with Gasteiger partial charge in [0, 0.05) is 24.0 Å². The van der Waals surface area contributed by atoms with Crippen LogP contribution in [0.1, 0.15) is 48.2 Å². The van der Waals surface area contributed by atoms with Crippen LogP contribution in [-0.2, 0) is 19.4 Å². The van der Waals surface area contributed by atoms with E-state index in [1.807, 2.05) is 26.8 Å². The topological polar surface area (TPSA) is 124 Å². The van der Waals surface area contributed by atoms with Crippen LogP contribution in [0, 0.1) is 13.8 Å². The predicted molar refractivity (Wildman–Crippen MR) is 104 cm³/mol. The van der Waals surface area contributed by atoms with Crippen LogP contribution >= 0.6 is 0 Å². The summed E-state index contributed by atoms with van der Waals surface area (Å²) >= 11 is 0. The number of rotatable bonds is 7. The third-order valence-electron chi connectivity index (χ3n) is 4.85. The molecule has 158 valence electrons. The number of ether oxygens (including phenoxy) is 1. The van der Waals surface area contributed by atoms with Crippen LogP contribution in [0.25, 0.3) is 5.78 Å². The lowest BCUT2D eigenvalue weighted by Crippen LogP contribution is -2.44. The molecule has 10 nitrogen and oxygen atoms in total. The summed E-state index contributed by atoms with van der Waals surface area (Å²) in [5.74, 6) is -1.11. The first-order valence-electron chi connectivity index (χ1n) is 9.58. The lowest BCUT2D eigenvalue weighted by Gasteiger charge is -2.28. The minimum Gasteiger partial charge on any atom is -0.450 e. The molecule has 1 aliphatic rings. The third-order valence-corrected chi connectivity index (χ3v) is 6.60. The number of aromatic nitrogens is 4. The van der Waals surface area contributed by atoms with E-state index in [1.54, 1.807) is 0 Å². The van der Waals surface area contributed by atoms with E-state index in [-0.39, 0.29) is 29.1 Å². The molecule has 3 heterocycles. The molecule has 1 aliphatic heterocycles. The largest absolute Gasteiger partial charge is 0.450 e. The molecule has 1 atom stereocenters. The highest BCUT2D eigenvalue weighted by Crippen LogP contribution is 2.19. The number of carbonyl (C=O) groups is 2. The smallest absolute Gasteiger partial charge is 0.378 e. The summed E-state index contributed by atoms with van der Waals surface area (Å²) in [5.41, 5.74) is 1.51. The Balaban J connectivity index is 1.67. The van der Waals surface area contributed by atoms with Gasteiger partial charge in [-0.3, -0.25) is 4.79 Å². The fraction of sp³-hybridized carbons (Fsp3) is 0.611. The summed E-state index contributed by atoms with van der Waals surface area (Å²) in [4.78, 5) is 34.8. The lowest BCUT2D eigenvalue weighted by atomic mass is 10.2. The van der Waals surface area contributed by atoms with Gasteiger partial charge in [-0.2, -0.15) is 4.98 Å². The second kappa shape index (κ2) is 8.44. The fourth-order valence-electron chi connectivity index (χ4n) is 3.39. The van der Waals surface area contributed by atoms with Crippen LogP contribution in [0.15, 0.2) is 6.07 Å². The molecule has 0 bridgehead atoms. The van der Waals surface area contributed by atoms with E-state index in [9.17, 15) is 18.0 Å². The minimum atomic E-state index is -3.13. The van der Waals surface area contributed by atoms with Crippen molar-refractivity contribution >= 4 is 27.5 Å². The SMILES string of the molecule is CCCCN(C(=O)COC(=O)c1nc2nc(C)cc(C)n2n1)C1CCS(=O)(=O)C1. The number of amides is 1. The molecule has 29 heavy (non-hydrogen) atoms.